The molecule has 1 aliphatic carbocycles. The van der Waals surface area contributed by atoms with Crippen molar-refractivity contribution in [2.75, 3.05) is 13.7 Å². The van der Waals surface area contributed by atoms with E-state index >= 15 is 0 Å². The lowest BCUT2D eigenvalue weighted by molar-refractivity contribution is -0.138. The molecule has 1 saturated heterocycles. The molecule has 1 N–H and O–H groups in total. The Morgan fingerprint density at radius 1 is 1.35 bits per heavy atom. The van der Waals surface area contributed by atoms with Gasteiger partial charge in [-0.3, -0.25) is 0 Å². The molecule has 0 saturated carbocycles. The van der Waals surface area contributed by atoms with Crippen molar-refractivity contribution in [1.82, 2.24) is 10.2 Å². The summed E-state index contributed by atoms with van der Waals surface area (Å²) in [6, 6.07) is 0.240. The molecule has 5 heteroatoms. The summed E-state index contributed by atoms with van der Waals surface area (Å²) in [6.07, 6.45) is 15.4. The fourth-order valence-electron chi connectivity index (χ4n) is 4.73. The van der Waals surface area contributed by atoms with E-state index in [1.165, 1.54) is 29.7 Å². The molecule has 0 amide bonds. The summed E-state index contributed by atoms with van der Waals surface area (Å²) in [5.41, 5.74) is 5.70. The third-order valence-corrected chi connectivity index (χ3v) is 6.13. The van der Waals surface area contributed by atoms with Gasteiger partial charge in [-0.05, 0) is 25.0 Å². The van der Waals surface area contributed by atoms with Gasteiger partial charge < -0.3 is 19.7 Å². The summed E-state index contributed by atoms with van der Waals surface area (Å²) in [5, 5.41) is 3.67. The lowest BCUT2D eigenvalue weighted by atomic mass is 9.74. The largest absolute Gasteiger partial charge is 0.497 e. The number of hydrogen-bond acceptors (Lipinski definition) is 5. The van der Waals surface area contributed by atoms with Crippen LogP contribution in [0.25, 0.3) is 0 Å². The van der Waals surface area contributed by atoms with E-state index in [0.29, 0.717) is 5.57 Å². The monoisotopic (exact) mass is 350 g/mol. The van der Waals surface area contributed by atoms with E-state index in [-0.39, 0.29) is 30.0 Å². The first-order chi connectivity index (χ1) is 12.7. The molecule has 5 nitrogen and oxygen atoms in total. The van der Waals surface area contributed by atoms with Gasteiger partial charge in [-0.2, -0.15) is 0 Å². The number of piperidine rings is 1. The summed E-state index contributed by atoms with van der Waals surface area (Å²) in [4.78, 5) is 14.6. The Morgan fingerprint density at radius 3 is 3.08 bits per heavy atom. The van der Waals surface area contributed by atoms with Crippen LogP contribution in [0.5, 0.6) is 0 Å². The molecule has 4 atom stereocenters. The van der Waals surface area contributed by atoms with Crippen molar-refractivity contribution >= 4 is 5.97 Å². The number of ether oxygens (including phenoxy) is 2. The first-order valence-electron chi connectivity index (χ1n) is 9.15. The zero-order chi connectivity index (χ0) is 17.8. The van der Waals surface area contributed by atoms with E-state index in [4.69, 9.17) is 9.47 Å². The summed E-state index contributed by atoms with van der Waals surface area (Å²) in [7, 11) is 1.43. The van der Waals surface area contributed by atoms with E-state index in [9.17, 15) is 4.79 Å². The minimum Gasteiger partial charge on any atom is -0.497 e. The number of hydrogen-bond donors (Lipinski definition) is 1. The highest BCUT2D eigenvalue weighted by Gasteiger charge is 2.45. The second-order valence-electron chi connectivity index (χ2n) is 7.41. The van der Waals surface area contributed by atoms with Gasteiger partial charge in [0.1, 0.15) is 6.10 Å². The highest BCUT2D eigenvalue weighted by atomic mass is 16.5. The summed E-state index contributed by atoms with van der Waals surface area (Å²) in [5.74, 6) is 0.105. The number of carbonyl (C=O) groups is 1. The Morgan fingerprint density at radius 2 is 2.23 bits per heavy atom. The number of methoxy groups -OCH3 is 1. The molecule has 5 rings (SSSR count). The fourth-order valence-corrected chi connectivity index (χ4v) is 4.73. The minimum absolute atomic E-state index is 0.0816. The normalized spacial score (nSPS) is 33.6. The molecule has 0 radical (unpaired) electrons. The van der Waals surface area contributed by atoms with Crippen LogP contribution in [0.4, 0.5) is 0 Å². The Hall–Kier alpha value is -2.69. The third-order valence-electron chi connectivity index (χ3n) is 6.13. The lowest BCUT2D eigenvalue weighted by Gasteiger charge is -2.46. The van der Waals surface area contributed by atoms with Crippen molar-refractivity contribution in [1.29, 1.82) is 0 Å². The van der Waals surface area contributed by atoms with Crippen LogP contribution in [0, 0.1) is 11.8 Å². The van der Waals surface area contributed by atoms with E-state index in [1.807, 2.05) is 0 Å². The molecule has 0 spiro atoms. The molecule has 0 aromatic carbocycles. The van der Waals surface area contributed by atoms with Gasteiger partial charge in [-0.1, -0.05) is 24.3 Å². The number of nitrogens with zero attached hydrogens (tertiary/aromatic N) is 1. The van der Waals surface area contributed by atoms with E-state index in [0.717, 1.165) is 13.0 Å². The molecule has 0 aromatic rings. The second kappa shape index (κ2) is 5.66. The number of rotatable bonds is 1. The van der Waals surface area contributed by atoms with Crippen molar-refractivity contribution < 1.29 is 14.3 Å². The zero-order valence-corrected chi connectivity index (χ0v) is 14.9. The highest BCUT2D eigenvalue weighted by Crippen LogP contribution is 2.45. The molecule has 1 unspecified atom stereocenters. The van der Waals surface area contributed by atoms with Crippen LogP contribution < -0.4 is 5.32 Å². The van der Waals surface area contributed by atoms with Gasteiger partial charge in [-0.25, -0.2) is 4.79 Å². The molecule has 26 heavy (non-hydrogen) atoms. The van der Waals surface area contributed by atoms with Crippen molar-refractivity contribution in [3.63, 3.8) is 0 Å². The predicted octanol–water partition coefficient (Wildman–Crippen LogP) is 2.53. The van der Waals surface area contributed by atoms with Crippen LogP contribution in [-0.2, 0) is 14.3 Å². The van der Waals surface area contributed by atoms with Crippen LogP contribution in [0.15, 0.2) is 71.0 Å². The zero-order valence-electron chi connectivity index (χ0n) is 14.9. The van der Waals surface area contributed by atoms with Crippen molar-refractivity contribution in [3.8, 4) is 0 Å². The maximum Gasteiger partial charge on any atom is 0.337 e. The minimum atomic E-state index is -0.283. The van der Waals surface area contributed by atoms with Gasteiger partial charge in [0, 0.05) is 35.9 Å². The first-order valence-corrected chi connectivity index (χ1v) is 9.15. The lowest BCUT2D eigenvalue weighted by Crippen LogP contribution is -2.47. The van der Waals surface area contributed by atoms with Crippen LogP contribution >= 0.6 is 0 Å². The van der Waals surface area contributed by atoms with E-state index in [1.54, 1.807) is 6.26 Å². The number of esters is 1. The predicted molar refractivity (Wildman–Crippen MR) is 97.3 cm³/mol. The van der Waals surface area contributed by atoms with Gasteiger partial charge >= 0.3 is 5.97 Å². The fraction of sp³-hybridized carbons (Fsp3) is 0.381. The Labute approximate surface area is 153 Å². The molecule has 4 heterocycles. The molecule has 1 fully saturated rings. The van der Waals surface area contributed by atoms with Crippen molar-refractivity contribution in [3.05, 3.63) is 71.0 Å². The van der Waals surface area contributed by atoms with Crippen LogP contribution in [0.3, 0.4) is 0 Å². The Balaban J connectivity index is 1.55. The quantitative estimate of drug-likeness (QED) is 0.737. The molecule has 134 valence electrons. The Kier molecular flexibility index (Phi) is 3.39. The van der Waals surface area contributed by atoms with Gasteiger partial charge in [-0.15, -0.1) is 0 Å². The summed E-state index contributed by atoms with van der Waals surface area (Å²) < 4.78 is 10.8. The molecular formula is C21H22N2O3. The van der Waals surface area contributed by atoms with Crippen LogP contribution in [0.1, 0.15) is 13.3 Å². The summed E-state index contributed by atoms with van der Waals surface area (Å²) >= 11 is 0. The SMILES string of the molecule is COC(=O)C1=CO[C@@H](C)[C@H]2CN3C=CC4=C5C=CC=CC5NC4=C3C[C@H]12. The van der Waals surface area contributed by atoms with Crippen LogP contribution in [0.2, 0.25) is 0 Å². The Bertz CT molecular complexity index is 858. The smallest absolute Gasteiger partial charge is 0.337 e. The molecule has 5 aliphatic rings. The molecule has 4 aliphatic heterocycles. The van der Waals surface area contributed by atoms with Crippen LogP contribution in [-0.4, -0.2) is 36.7 Å². The maximum atomic E-state index is 12.3. The molecule has 0 bridgehead atoms. The highest BCUT2D eigenvalue weighted by molar-refractivity contribution is 5.89. The average Bonchev–Trinajstić information content (AvgIpc) is 3.06. The van der Waals surface area contributed by atoms with Crippen molar-refractivity contribution in [2.24, 2.45) is 11.8 Å². The van der Waals surface area contributed by atoms with E-state index < -0.39 is 0 Å². The summed E-state index contributed by atoms with van der Waals surface area (Å²) in [6.45, 7) is 2.93. The van der Waals surface area contributed by atoms with Gasteiger partial charge in [0.05, 0.1) is 30.7 Å². The first kappa shape index (κ1) is 15.6. The van der Waals surface area contributed by atoms with Gasteiger partial charge in [0.2, 0.25) is 0 Å². The number of carbonyl (C=O) groups excluding carboxylic acids is 1. The average molecular weight is 350 g/mol. The number of nitrogens with one attached hydrogen (secondary N) is 1. The molecular weight excluding hydrogens is 328 g/mol. The van der Waals surface area contributed by atoms with Gasteiger partial charge in [0.15, 0.2) is 0 Å². The second-order valence-corrected chi connectivity index (χ2v) is 7.41. The van der Waals surface area contributed by atoms with Crippen molar-refractivity contribution in [2.45, 2.75) is 25.5 Å². The van der Waals surface area contributed by atoms with Gasteiger partial charge in [0.25, 0.3) is 0 Å². The number of allylic oxidation sites excluding steroid dienone is 4. The standard InChI is InChI=1S/C21H22N2O3/c1-12-16-10-23-8-7-14-13-5-3-4-6-18(13)22-20(14)19(23)9-15(16)17(11-26-12)21(24)25-2/h3-8,11-12,15-16,18,22H,9-10H2,1-2H3/t12-,15-,16+,18?/m0/s1. The van der Waals surface area contributed by atoms with E-state index in [2.05, 4.69) is 53.7 Å². The maximum absolute atomic E-state index is 12.3. The number of fused-ring (bicyclic) bond motifs is 4. The molecule has 0 aromatic heterocycles. The topological polar surface area (TPSA) is 50.8 Å². The third kappa shape index (κ3) is 2.13.